The van der Waals surface area contributed by atoms with Crippen LogP contribution in [0.5, 0.6) is 0 Å². The largest absolute Gasteiger partial charge is 0.387 e. The van der Waals surface area contributed by atoms with Crippen molar-refractivity contribution in [1.82, 2.24) is 0 Å². The van der Waals surface area contributed by atoms with E-state index < -0.39 is 12.4 Å². The number of hydrogen-bond acceptors (Lipinski definition) is 3. The van der Waals surface area contributed by atoms with Crippen molar-refractivity contribution in [2.75, 3.05) is 6.61 Å². The minimum atomic E-state index is -0.954. The van der Waals surface area contributed by atoms with Gasteiger partial charge in [-0.25, -0.2) is 0 Å². The molecule has 0 radical (unpaired) electrons. The summed E-state index contributed by atoms with van der Waals surface area (Å²) in [5, 5.41) is 17.6. The van der Waals surface area contributed by atoms with E-state index in [-0.39, 0.29) is 5.92 Å². The fourth-order valence-corrected chi connectivity index (χ4v) is 0.729. The Hall–Kier alpha value is -0.120. The van der Waals surface area contributed by atoms with Gasteiger partial charge in [-0.05, 0) is 0 Å². The van der Waals surface area contributed by atoms with Crippen LogP contribution in [0.4, 0.5) is 0 Å². The standard InChI is InChI=1S/C5H10O3/c1-3-2-8-5(7)4(3)6/h3-7H,2H2,1H3. The SMILES string of the molecule is CC1COC(O)C1O. The molecule has 1 saturated heterocycles. The molecule has 0 aromatic heterocycles. The van der Waals surface area contributed by atoms with Crippen LogP contribution in [0.3, 0.4) is 0 Å². The van der Waals surface area contributed by atoms with Crippen molar-refractivity contribution >= 4 is 0 Å². The lowest BCUT2D eigenvalue weighted by molar-refractivity contribution is -0.109. The molecule has 0 aromatic carbocycles. The van der Waals surface area contributed by atoms with Crippen LogP contribution in [0.2, 0.25) is 0 Å². The van der Waals surface area contributed by atoms with E-state index in [4.69, 9.17) is 10.2 Å². The second kappa shape index (κ2) is 2.01. The van der Waals surface area contributed by atoms with Gasteiger partial charge in [-0.15, -0.1) is 0 Å². The number of aliphatic hydroxyl groups is 2. The maximum atomic E-state index is 8.89. The van der Waals surface area contributed by atoms with Crippen molar-refractivity contribution in [2.24, 2.45) is 5.92 Å². The van der Waals surface area contributed by atoms with Gasteiger partial charge in [-0.2, -0.15) is 0 Å². The molecule has 1 aliphatic rings. The highest BCUT2D eigenvalue weighted by Gasteiger charge is 2.30. The minimum Gasteiger partial charge on any atom is -0.387 e. The van der Waals surface area contributed by atoms with Crippen LogP contribution >= 0.6 is 0 Å². The molecule has 3 heteroatoms. The van der Waals surface area contributed by atoms with E-state index in [2.05, 4.69) is 4.74 Å². The van der Waals surface area contributed by atoms with Gasteiger partial charge in [0.15, 0.2) is 6.29 Å². The van der Waals surface area contributed by atoms with Crippen molar-refractivity contribution in [3.05, 3.63) is 0 Å². The van der Waals surface area contributed by atoms with E-state index >= 15 is 0 Å². The van der Waals surface area contributed by atoms with Crippen LogP contribution in [0.1, 0.15) is 6.92 Å². The monoisotopic (exact) mass is 118 g/mol. The number of ether oxygens (including phenoxy) is 1. The summed E-state index contributed by atoms with van der Waals surface area (Å²) in [6, 6.07) is 0. The van der Waals surface area contributed by atoms with Gasteiger partial charge in [0.25, 0.3) is 0 Å². The lowest BCUT2D eigenvalue weighted by atomic mass is 10.1. The van der Waals surface area contributed by atoms with E-state index in [9.17, 15) is 0 Å². The predicted molar refractivity (Wildman–Crippen MR) is 27.1 cm³/mol. The summed E-state index contributed by atoms with van der Waals surface area (Å²) < 4.78 is 4.68. The van der Waals surface area contributed by atoms with Gasteiger partial charge in [0.1, 0.15) is 6.10 Å². The second-order valence-electron chi connectivity index (χ2n) is 2.19. The lowest BCUT2D eigenvalue weighted by Crippen LogP contribution is -2.23. The molecule has 48 valence electrons. The van der Waals surface area contributed by atoms with E-state index in [0.717, 1.165) is 0 Å². The molecule has 1 rings (SSSR count). The Balaban J connectivity index is 2.44. The van der Waals surface area contributed by atoms with Gasteiger partial charge < -0.3 is 14.9 Å². The zero-order valence-corrected chi connectivity index (χ0v) is 4.74. The molecule has 1 aliphatic heterocycles. The van der Waals surface area contributed by atoms with Crippen LogP contribution in [-0.4, -0.2) is 29.2 Å². The summed E-state index contributed by atoms with van der Waals surface area (Å²) in [7, 11) is 0. The quantitative estimate of drug-likeness (QED) is 0.443. The van der Waals surface area contributed by atoms with Crippen LogP contribution in [0, 0.1) is 5.92 Å². The zero-order chi connectivity index (χ0) is 6.15. The van der Waals surface area contributed by atoms with Crippen LogP contribution in [0.25, 0.3) is 0 Å². The molecule has 1 fully saturated rings. The van der Waals surface area contributed by atoms with E-state index in [0.29, 0.717) is 6.61 Å². The van der Waals surface area contributed by atoms with Gasteiger partial charge >= 0.3 is 0 Å². The molecule has 0 spiro atoms. The second-order valence-corrected chi connectivity index (χ2v) is 2.19. The Kier molecular flexibility index (Phi) is 1.51. The van der Waals surface area contributed by atoms with Gasteiger partial charge in [0, 0.05) is 5.92 Å². The molecule has 0 bridgehead atoms. The van der Waals surface area contributed by atoms with Crippen LogP contribution in [-0.2, 0) is 4.74 Å². The third-order valence-corrected chi connectivity index (χ3v) is 1.41. The summed E-state index contributed by atoms with van der Waals surface area (Å²) in [6.07, 6.45) is -1.64. The first-order valence-corrected chi connectivity index (χ1v) is 2.69. The Bertz CT molecular complexity index is 73.7. The maximum absolute atomic E-state index is 8.89. The number of aliphatic hydroxyl groups excluding tert-OH is 2. The Labute approximate surface area is 47.9 Å². The molecule has 1 heterocycles. The maximum Gasteiger partial charge on any atom is 0.181 e. The third kappa shape index (κ3) is 0.844. The van der Waals surface area contributed by atoms with Gasteiger partial charge in [-0.3, -0.25) is 0 Å². The normalized spacial score (nSPS) is 47.6. The van der Waals surface area contributed by atoms with Gasteiger partial charge in [-0.1, -0.05) is 6.92 Å². The summed E-state index contributed by atoms with van der Waals surface area (Å²) in [5.74, 6) is 0.0741. The Morgan fingerprint density at radius 3 is 2.25 bits per heavy atom. The summed E-state index contributed by atoms with van der Waals surface area (Å²) >= 11 is 0. The lowest BCUT2D eigenvalue weighted by Gasteiger charge is -2.06. The van der Waals surface area contributed by atoms with E-state index in [1.54, 1.807) is 0 Å². The molecule has 0 aromatic rings. The first-order valence-electron chi connectivity index (χ1n) is 2.69. The fourth-order valence-electron chi connectivity index (χ4n) is 0.729. The smallest absolute Gasteiger partial charge is 0.181 e. The topological polar surface area (TPSA) is 49.7 Å². The predicted octanol–water partition coefficient (Wildman–Crippen LogP) is -0.668. The van der Waals surface area contributed by atoms with Crippen molar-refractivity contribution in [3.63, 3.8) is 0 Å². The number of rotatable bonds is 0. The highest BCUT2D eigenvalue weighted by molar-refractivity contribution is 4.72. The Morgan fingerprint density at radius 1 is 1.50 bits per heavy atom. The van der Waals surface area contributed by atoms with Gasteiger partial charge in [0.2, 0.25) is 0 Å². The molecule has 8 heavy (non-hydrogen) atoms. The molecule has 0 amide bonds. The van der Waals surface area contributed by atoms with Crippen LogP contribution in [0.15, 0.2) is 0 Å². The summed E-state index contributed by atoms with van der Waals surface area (Å²) in [5.41, 5.74) is 0. The first-order chi connectivity index (χ1) is 3.72. The van der Waals surface area contributed by atoms with Gasteiger partial charge in [0.05, 0.1) is 6.61 Å². The molecule has 2 N–H and O–H groups in total. The molecular formula is C5H10O3. The minimum absolute atomic E-state index is 0.0741. The average molecular weight is 118 g/mol. The Morgan fingerprint density at radius 2 is 2.12 bits per heavy atom. The highest BCUT2D eigenvalue weighted by atomic mass is 16.6. The average Bonchev–Trinajstić information content (AvgIpc) is 1.98. The molecule has 0 aliphatic carbocycles. The zero-order valence-electron chi connectivity index (χ0n) is 4.74. The van der Waals surface area contributed by atoms with Crippen molar-refractivity contribution in [2.45, 2.75) is 19.3 Å². The molecular weight excluding hydrogens is 108 g/mol. The molecule has 3 atom stereocenters. The third-order valence-electron chi connectivity index (χ3n) is 1.41. The van der Waals surface area contributed by atoms with Crippen LogP contribution < -0.4 is 0 Å². The van der Waals surface area contributed by atoms with Crippen molar-refractivity contribution in [1.29, 1.82) is 0 Å². The summed E-state index contributed by atoms with van der Waals surface area (Å²) in [4.78, 5) is 0. The first kappa shape index (κ1) is 6.01. The van der Waals surface area contributed by atoms with Crippen molar-refractivity contribution < 1.29 is 14.9 Å². The molecule has 0 saturated carbocycles. The van der Waals surface area contributed by atoms with Crippen molar-refractivity contribution in [3.8, 4) is 0 Å². The summed E-state index contributed by atoms with van der Waals surface area (Å²) in [6.45, 7) is 2.29. The fraction of sp³-hybridized carbons (Fsp3) is 1.00. The molecule has 3 unspecified atom stereocenters. The van der Waals surface area contributed by atoms with E-state index in [1.165, 1.54) is 0 Å². The highest BCUT2D eigenvalue weighted by Crippen LogP contribution is 2.16. The molecule has 3 nitrogen and oxygen atoms in total. The number of hydrogen-bond donors (Lipinski definition) is 2. The van der Waals surface area contributed by atoms with E-state index in [1.807, 2.05) is 6.92 Å².